The van der Waals surface area contributed by atoms with Crippen molar-refractivity contribution in [2.45, 2.75) is 45.2 Å². The summed E-state index contributed by atoms with van der Waals surface area (Å²) in [6.07, 6.45) is 24.2. The normalized spacial score (nSPS) is 30.1. The van der Waals surface area contributed by atoms with Gasteiger partial charge in [0.25, 0.3) is 0 Å². The van der Waals surface area contributed by atoms with Crippen LogP contribution >= 0.6 is 0 Å². The van der Waals surface area contributed by atoms with Gasteiger partial charge in [-0.2, -0.15) is 0 Å². The quantitative estimate of drug-likeness (QED) is 0.804. The summed E-state index contributed by atoms with van der Waals surface area (Å²) in [5.41, 5.74) is 5.77. The molecule has 0 saturated heterocycles. The van der Waals surface area contributed by atoms with Gasteiger partial charge in [-0.05, 0) is 49.8 Å². The molecule has 0 amide bonds. The molecule has 114 valence electrons. The van der Waals surface area contributed by atoms with Crippen LogP contribution in [0.2, 0.25) is 0 Å². The van der Waals surface area contributed by atoms with Gasteiger partial charge in [0.2, 0.25) is 0 Å². The van der Waals surface area contributed by atoms with E-state index in [1.165, 1.54) is 22.7 Å². The molecule has 0 spiro atoms. The zero-order valence-corrected chi connectivity index (χ0v) is 13.3. The van der Waals surface area contributed by atoms with E-state index in [2.05, 4.69) is 65.7 Å². The minimum atomic E-state index is 0.304. The molecule has 2 nitrogen and oxygen atoms in total. The number of hydrogen-bond donors (Lipinski definition) is 1. The smallest absolute Gasteiger partial charge is 0.126 e. The molecule has 0 aromatic carbocycles. The molecule has 2 atom stereocenters. The van der Waals surface area contributed by atoms with E-state index in [0.717, 1.165) is 32.1 Å². The first-order valence-corrected chi connectivity index (χ1v) is 8.52. The summed E-state index contributed by atoms with van der Waals surface area (Å²) in [5, 5.41) is 3.85. The Hall–Kier alpha value is -1.96. The second-order valence-corrected chi connectivity index (χ2v) is 6.59. The average Bonchev–Trinajstić information content (AvgIpc) is 2.97. The number of hydrogen-bond acceptors (Lipinski definition) is 2. The van der Waals surface area contributed by atoms with Crippen molar-refractivity contribution in [1.29, 1.82) is 0 Å². The summed E-state index contributed by atoms with van der Waals surface area (Å²) >= 11 is 0. The number of allylic oxidation sites excluding steroid dienone is 10. The SMILES string of the molecule is CC1CC=CC2=C1NC(C1=CC=CCC1)N2C1=CC=CCC1. The third-order valence-corrected chi connectivity index (χ3v) is 5.04. The first-order valence-electron chi connectivity index (χ1n) is 8.52. The van der Waals surface area contributed by atoms with Gasteiger partial charge in [0, 0.05) is 17.3 Å². The van der Waals surface area contributed by atoms with Gasteiger partial charge in [-0.25, -0.2) is 0 Å². The van der Waals surface area contributed by atoms with E-state index in [4.69, 9.17) is 0 Å². The first kappa shape index (κ1) is 13.7. The molecule has 0 saturated carbocycles. The van der Waals surface area contributed by atoms with Crippen LogP contribution in [0.4, 0.5) is 0 Å². The van der Waals surface area contributed by atoms with E-state index < -0.39 is 0 Å². The van der Waals surface area contributed by atoms with E-state index in [1.54, 1.807) is 0 Å². The topological polar surface area (TPSA) is 15.3 Å². The standard InChI is InChI=1S/C20H24N2/c1-15-9-8-14-18-19(15)21-20(16-10-4-2-5-11-16)22(18)17-12-6-3-7-13-17/h2-4,6,8,10,12,14-15,20-21H,5,7,9,11,13H2,1H3. The molecular formula is C20H24N2. The predicted molar refractivity (Wildman–Crippen MR) is 91.6 cm³/mol. The van der Waals surface area contributed by atoms with Crippen molar-refractivity contribution in [1.82, 2.24) is 10.2 Å². The van der Waals surface area contributed by atoms with Crippen molar-refractivity contribution >= 4 is 0 Å². The molecule has 4 aliphatic rings. The molecule has 1 heterocycles. The van der Waals surface area contributed by atoms with Crippen LogP contribution in [0, 0.1) is 5.92 Å². The Balaban J connectivity index is 1.74. The average molecular weight is 292 g/mol. The molecule has 4 rings (SSSR count). The zero-order chi connectivity index (χ0) is 14.9. The fourth-order valence-electron chi connectivity index (χ4n) is 3.84. The van der Waals surface area contributed by atoms with Gasteiger partial charge in [0.05, 0.1) is 5.70 Å². The Kier molecular flexibility index (Phi) is 3.53. The maximum Gasteiger partial charge on any atom is 0.126 e. The van der Waals surface area contributed by atoms with Crippen LogP contribution in [-0.2, 0) is 0 Å². The maximum atomic E-state index is 3.85. The van der Waals surface area contributed by atoms with Gasteiger partial charge < -0.3 is 10.2 Å². The van der Waals surface area contributed by atoms with Crippen LogP contribution in [0.1, 0.15) is 39.0 Å². The van der Waals surface area contributed by atoms with Crippen molar-refractivity contribution < 1.29 is 0 Å². The molecular weight excluding hydrogens is 268 g/mol. The summed E-state index contributed by atoms with van der Waals surface area (Å²) in [5.74, 6) is 0.590. The summed E-state index contributed by atoms with van der Waals surface area (Å²) < 4.78 is 0. The number of nitrogens with one attached hydrogen (secondary N) is 1. The molecule has 2 unspecified atom stereocenters. The minimum absolute atomic E-state index is 0.304. The monoisotopic (exact) mass is 292 g/mol. The van der Waals surface area contributed by atoms with Crippen molar-refractivity contribution in [3.05, 3.63) is 71.3 Å². The predicted octanol–water partition coefficient (Wildman–Crippen LogP) is 4.54. The van der Waals surface area contributed by atoms with Crippen molar-refractivity contribution in [2.75, 3.05) is 0 Å². The molecule has 3 aliphatic carbocycles. The van der Waals surface area contributed by atoms with E-state index in [0.29, 0.717) is 12.1 Å². The van der Waals surface area contributed by atoms with E-state index in [9.17, 15) is 0 Å². The third kappa shape index (κ3) is 2.27. The fourth-order valence-corrected chi connectivity index (χ4v) is 3.84. The highest BCUT2D eigenvalue weighted by atomic mass is 15.3. The van der Waals surface area contributed by atoms with Crippen LogP contribution in [-0.4, -0.2) is 11.1 Å². The molecule has 0 bridgehead atoms. The molecule has 0 aromatic heterocycles. The molecule has 22 heavy (non-hydrogen) atoms. The molecule has 0 radical (unpaired) electrons. The second kappa shape index (κ2) is 5.68. The molecule has 2 heteroatoms. The lowest BCUT2D eigenvalue weighted by atomic mass is 9.97. The second-order valence-electron chi connectivity index (χ2n) is 6.59. The van der Waals surface area contributed by atoms with E-state index in [-0.39, 0.29) is 0 Å². The lowest BCUT2D eigenvalue weighted by Gasteiger charge is -2.33. The molecule has 0 fully saturated rings. The minimum Gasteiger partial charge on any atom is -0.363 e. The van der Waals surface area contributed by atoms with Gasteiger partial charge in [-0.1, -0.05) is 43.4 Å². The van der Waals surface area contributed by atoms with Crippen molar-refractivity contribution in [2.24, 2.45) is 5.92 Å². The molecule has 0 aromatic rings. The highest BCUT2D eigenvalue weighted by Crippen LogP contribution is 2.39. The Bertz CT molecular complexity index is 643. The van der Waals surface area contributed by atoms with Crippen LogP contribution in [0.3, 0.4) is 0 Å². The lowest BCUT2D eigenvalue weighted by Crippen LogP contribution is -2.39. The summed E-state index contributed by atoms with van der Waals surface area (Å²) in [4.78, 5) is 2.55. The summed E-state index contributed by atoms with van der Waals surface area (Å²) in [6.45, 7) is 2.33. The Morgan fingerprint density at radius 2 is 1.86 bits per heavy atom. The highest BCUT2D eigenvalue weighted by Gasteiger charge is 2.36. The third-order valence-electron chi connectivity index (χ3n) is 5.04. The molecule has 1 aliphatic heterocycles. The van der Waals surface area contributed by atoms with Gasteiger partial charge >= 0.3 is 0 Å². The zero-order valence-electron chi connectivity index (χ0n) is 13.3. The number of nitrogens with zero attached hydrogens (tertiary/aromatic N) is 1. The first-order chi connectivity index (χ1) is 10.8. The van der Waals surface area contributed by atoms with Gasteiger partial charge in [-0.3, -0.25) is 0 Å². The van der Waals surface area contributed by atoms with E-state index >= 15 is 0 Å². The highest BCUT2D eigenvalue weighted by molar-refractivity contribution is 5.42. The summed E-state index contributed by atoms with van der Waals surface area (Å²) in [7, 11) is 0. The Morgan fingerprint density at radius 3 is 2.59 bits per heavy atom. The maximum absolute atomic E-state index is 3.85. The van der Waals surface area contributed by atoms with Crippen LogP contribution in [0.25, 0.3) is 0 Å². The van der Waals surface area contributed by atoms with Gasteiger partial charge in [0.15, 0.2) is 0 Å². The summed E-state index contributed by atoms with van der Waals surface area (Å²) in [6, 6.07) is 0. The fraction of sp³-hybridized carbons (Fsp3) is 0.400. The van der Waals surface area contributed by atoms with E-state index in [1.807, 2.05) is 0 Å². The lowest BCUT2D eigenvalue weighted by molar-refractivity contribution is 0.345. The Labute approximate surface area is 133 Å². The Morgan fingerprint density at radius 1 is 1.05 bits per heavy atom. The van der Waals surface area contributed by atoms with Crippen LogP contribution < -0.4 is 5.32 Å². The largest absolute Gasteiger partial charge is 0.363 e. The van der Waals surface area contributed by atoms with Gasteiger partial charge in [0.1, 0.15) is 6.17 Å². The van der Waals surface area contributed by atoms with Crippen molar-refractivity contribution in [3.63, 3.8) is 0 Å². The van der Waals surface area contributed by atoms with Crippen molar-refractivity contribution in [3.8, 4) is 0 Å². The van der Waals surface area contributed by atoms with Crippen LogP contribution in [0.5, 0.6) is 0 Å². The van der Waals surface area contributed by atoms with Crippen LogP contribution in [0.15, 0.2) is 71.3 Å². The molecule has 1 N–H and O–H groups in total. The van der Waals surface area contributed by atoms with Gasteiger partial charge in [-0.15, -0.1) is 0 Å². The number of rotatable bonds is 2.